The summed E-state index contributed by atoms with van der Waals surface area (Å²) in [7, 11) is 0. The summed E-state index contributed by atoms with van der Waals surface area (Å²) in [4.78, 5) is 29.4. The van der Waals surface area contributed by atoms with Crippen LogP contribution in [0.4, 0.5) is 5.69 Å². The molecule has 2 aromatic heterocycles. The molecule has 2 heterocycles. The number of aryl methyl sites for hydroxylation is 3. The van der Waals surface area contributed by atoms with Crippen LogP contribution in [0.2, 0.25) is 0 Å². The zero-order valence-corrected chi connectivity index (χ0v) is 18.9. The number of hydrogen-bond acceptors (Lipinski definition) is 6. The molecule has 8 heteroatoms. The predicted octanol–water partition coefficient (Wildman–Crippen LogP) is 4.20. The van der Waals surface area contributed by atoms with E-state index in [1.54, 1.807) is 26.0 Å². The van der Waals surface area contributed by atoms with Gasteiger partial charge in [-0.1, -0.05) is 18.2 Å². The van der Waals surface area contributed by atoms with Gasteiger partial charge in [0, 0.05) is 12.1 Å². The number of hydrogen-bond donors (Lipinski definition) is 1. The molecular weight excluding hydrogens is 422 g/mol. The zero-order valence-electron chi connectivity index (χ0n) is 18.9. The Balaban J connectivity index is 1.48. The van der Waals surface area contributed by atoms with E-state index in [0.717, 1.165) is 15.7 Å². The second kappa shape index (κ2) is 9.20. The van der Waals surface area contributed by atoms with E-state index in [1.807, 2.05) is 50.2 Å². The predicted molar refractivity (Wildman–Crippen MR) is 124 cm³/mol. The third kappa shape index (κ3) is 5.23. The first kappa shape index (κ1) is 22.1. The molecule has 1 N–H and O–H groups in total. The van der Waals surface area contributed by atoms with Gasteiger partial charge in [-0.05, 0) is 63.1 Å². The number of benzene rings is 2. The number of nitrogens with one attached hydrogen (secondary N) is 1. The zero-order chi connectivity index (χ0) is 23.5. The van der Waals surface area contributed by atoms with Crippen molar-refractivity contribution in [3.63, 3.8) is 0 Å². The highest BCUT2D eigenvalue weighted by Gasteiger charge is 2.17. The Morgan fingerprint density at radius 1 is 1.09 bits per heavy atom. The van der Waals surface area contributed by atoms with Gasteiger partial charge < -0.3 is 19.3 Å². The summed E-state index contributed by atoms with van der Waals surface area (Å²) in [6.45, 7) is 7.37. The Hall–Kier alpha value is -4.07. The van der Waals surface area contributed by atoms with E-state index in [4.69, 9.17) is 14.0 Å². The van der Waals surface area contributed by atoms with Crippen molar-refractivity contribution in [3.05, 3.63) is 87.5 Å². The molecule has 1 amide bonds. The van der Waals surface area contributed by atoms with Gasteiger partial charge in [-0.25, -0.2) is 4.98 Å². The minimum absolute atomic E-state index is 0.0532. The van der Waals surface area contributed by atoms with Crippen LogP contribution < -0.4 is 20.3 Å². The van der Waals surface area contributed by atoms with Gasteiger partial charge in [-0.15, -0.1) is 4.57 Å². The van der Waals surface area contributed by atoms with Gasteiger partial charge in [0.2, 0.25) is 0 Å². The first-order valence-corrected chi connectivity index (χ1v) is 10.6. The SMILES string of the molecule is Cc1cccc(O[C@H](C)C(=O)Nc2ccc(C)cc2OCc2cc(=O)n3oc(C)cc3n2)c1. The van der Waals surface area contributed by atoms with E-state index in [2.05, 4.69) is 10.3 Å². The topological polar surface area (TPSA) is 95.1 Å². The van der Waals surface area contributed by atoms with Crippen LogP contribution in [0.1, 0.15) is 29.5 Å². The molecule has 0 unspecified atom stereocenters. The molecule has 0 bridgehead atoms. The van der Waals surface area contributed by atoms with E-state index in [-0.39, 0.29) is 18.1 Å². The van der Waals surface area contributed by atoms with Gasteiger partial charge in [0.05, 0.1) is 11.4 Å². The van der Waals surface area contributed by atoms with Crippen molar-refractivity contribution in [1.29, 1.82) is 0 Å². The highest BCUT2D eigenvalue weighted by Crippen LogP contribution is 2.27. The van der Waals surface area contributed by atoms with Crippen molar-refractivity contribution >= 4 is 17.2 Å². The maximum absolute atomic E-state index is 12.7. The van der Waals surface area contributed by atoms with Crippen molar-refractivity contribution in [2.24, 2.45) is 0 Å². The van der Waals surface area contributed by atoms with Gasteiger partial charge in [0.1, 0.15) is 23.9 Å². The van der Waals surface area contributed by atoms with Gasteiger partial charge in [-0.2, -0.15) is 0 Å². The number of aromatic nitrogens is 2. The highest BCUT2D eigenvalue weighted by molar-refractivity contribution is 5.95. The molecule has 0 aliphatic carbocycles. The van der Waals surface area contributed by atoms with Crippen LogP contribution in [0.15, 0.2) is 63.9 Å². The third-order valence-electron chi connectivity index (χ3n) is 4.97. The molecule has 4 rings (SSSR count). The Bertz CT molecular complexity index is 1370. The third-order valence-corrected chi connectivity index (χ3v) is 4.97. The van der Waals surface area contributed by atoms with Gasteiger partial charge in [-0.3, -0.25) is 9.59 Å². The highest BCUT2D eigenvalue weighted by atomic mass is 16.5. The van der Waals surface area contributed by atoms with Gasteiger partial charge >= 0.3 is 0 Å². The molecule has 170 valence electrons. The molecule has 0 spiro atoms. The van der Waals surface area contributed by atoms with Crippen LogP contribution >= 0.6 is 0 Å². The Kier molecular flexibility index (Phi) is 6.17. The molecule has 4 aromatic rings. The van der Waals surface area contributed by atoms with Crippen molar-refractivity contribution in [3.8, 4) is 11.5 Å². The van der Waals surface area contributed by atoms with Crippen LogP contribution in [-0.4, -0.2) is 21.6 Å². The maximum Gasteiger partial charge on any atom is 0.287 e. The quantitative estimate of drug-likeness (QED) is 0.456. The van der Waals surface area contributed by atoms with Crippen molar-refractivity contribution < 1.29 is 18.8 Å². The maximum atomic E-state index is 12.7. The molecule has 2 aromatic carbocycles. The van der Waals surface area contributed by atoms with E-state index >= 15 is 0 Å². The number of carbonyl (C=O) groups is 1. The standard InChI is InChI=1S/C25H25N3O5/c1-15-6-5-7-20(10-15)32-18(4)25(30)27-21-9-8-16(2)11-22(21)31-14-19-13-24(29)28-23(26-19)12-17(3)33-28/h5-13,18H,14H2,1-4H3,(H,27,30)/t18-/m1/s1. The first-order chi connectivity index (χ1) is 15.8. The van der Waals surface area contributed by atoms with Crippen LogP contribution in [0.5, 0.6) is 11.5 Å². The minimum atomic E-state index is -0.714. The Morgan fingerprint density at radius 3 is 2.67 bits per heavy atom. The van der Waals surface area contributed by atoms with Crippen molar-refractivity contribution in [1.82, 2.24) is 9.56 Å². The van der Waals surface area contributed by atoms with E-state index in [9.17, 15) is 9.59 Å². The summed E-state index contributed by atoms with van der Waals surface area (Å²) < 4.78 is 18.1. The molecule has 0 radical (unpaired) electrons. The van der Waals surface area contributed by atoms with Gasteiger partial charge in [0.25, 0.3) is 11.5 Å². The number of rotatable bonds is 7. The molecular formula is C25H25N3O5. The number of carbonyl (C=O) groups excluding carboxylic acids is 1. The number of amides is 1. The summed E-state index contributed by atoms with van der Waals surface area (Å²) in [6.07, 6.45) is -0.714. The number of ether oxygens (including phenoxy) is 2. The number of anilines is 1. The monoisotopic (exact) mass is 447 g/mol. The molecule has 0 fully saturated rings. The van der Waals surface area contributed by atoms with E-state index in [1.165, 1.54) is 6.07 Å². The molecule has 1 atom stereocenters. The second-order valence-electron chi connectivity index (χ2n) is 7.94. The van der Waals surface area contributed by atoms with Crippen LogP contribution in [0.3, 0.4) is 0 Å². The number of fused-ring (bicyclic) bond motifs is 1. The average molecular weight is 447 g/mol. The largest absolute Gasteiger partial charge is 0.485 e. The fraction of sp³-hybridized carbons (Fsp3) is 0.240. The second-order valence-corrected chi connectivity index (χ2v) is 7.94. The lowest BCUT2D eigenvalue weighted by Crippen LogP contribution is -2.30. The summed E-state index contributed by atoms with van der Waals surface area (Å²) in [5, 5.41) is 2.86. The normalized spacial score (nSPS) is 11.9. The molecule has 0 aliphatic heterocycles. The lowest BCUT2D eigenvalue weighted by molar-refractivity contribution is -0.122. The summed E-state index contributed by atoms with van der Waals surface area (Å²) >= 11 is 0. The fourth-order valence-corrected chi connectivity index (χ4v) is 3.33. The summed E-state index contributed by atoms with van der Waals surface area (Å²) in [5.41, 5.74) is 3.05. The molecule has 8 nitrogen and oxygen atoms in total. The van der Waals surface area contributed by atoms with E-state index in [0.29, 0.717) is 34.3 Å². The van der Waals surface area contributed by atoms with Crippen LogP contribution in [0, 0.1) is 20.8 Å². The van der Waals surface area contributed by atoms with E-state index < -0.39 is 6.10 Å². The minimum Gasteiger partial charge on any atom is -0.485 e. The average Bonchev–Trinajstić information content (AvgIpc) is 3.14. The van der Waals surface area contributed by atoms with Crippen LogP contribution in [0.25, 0.3) is 5.65 Å². The molecule has 0 aliphatic rings. The van der Waals surface area contributed by atoms with Crippen LogP contribution in [-0.2, 0) is 11.4 Å². The molecule has 0 saturated carbocycles. The Labute approximate surface area is 190 Å². The van der Waals surface area contributed by atoms with Crippen molar-refractivity contribution in [2.75, 3.05) is 5.32 Å². The first-order valence-electron chi connectivity index (χ1n) is 10.6. The lowest BCUT2D eigenvalue weighted by atomic mass is 10.2. The summed E-state index contributed by atoms with van der Waals surface area (Å²) in [6, 6.07) is 16.0. The molecule has 33 heavy (non-hydrogen) atoms. The summed E-state index contributed by atoms with van der Waals surface area (Å²) in [5.74, 6) is 1.37. The fourth-order valence-electron chi connectivity index (χ4n) is 3.33. The lowest BCUT2D eigenvalue weighted by Gasteiger charge is -2.17. The Morgan fingerprint density at radius 2 is 1.88 bits per heavy atom. The number of nitrogens with zero attached hydrogens (tertiary/aromatic N) is 2. The van der Waals surface area contributed by atoms with Crippen molar-refractivity contribution in [2.45, 2.75) is 40.4 Å². The smallest absolute Gasteiger partial charge is 0.287 e. The molecule has 0 saturated heterocycles. The van der Waals surface area contributed by atoms with Gasteiger partial charge in [0.15, 0.2) is 11.8 Å².